The molecule has 20 heavy (non-hydrogen) atoms. The van der Waals surface area contributed by atoms with E-state index in [9.17, 15) is 9.50 Å². The van der Waals surface area contributed by atoms with Crippen LogP contribution < -0.4 is 5.32 Å². The lowest BCUT2D eigenvalue weighted by Crippen LogP contribution is -2.25. The quantitative estimate of drug-likeness (QED) is 0.873. The number of benzene rings is 2. The summed E-state index contributed by atoms with van der Waals surface area (Å²) < 4.78 is 13.5. The third-order valence-electron chi connectivity index (χ3n) is 3.46. The third-order valence-corrected chi connectivity index (χ3v) is 3.46. The second-order valence-corrected chi connectivity index (χ2v) is 5.08. The molecule has 0 aromatic heterocycles. The van der Waals surface area contributed by atoms with Gasteiger partial charge in [-0.15, -0.1) is 0 Å². The molecule has 0 bridgehead atoms. The Hall–Kier alpha value is -1.71. The molecule has 0 heterocycles. The molecule has 0 amide bonds. The molecule has 0 aliphatic rings. The summed E-state index contributed by atoms with van der Waals surface area (Å²) in [5.74, 6) is -0.371. The Morgan fingerprint density at radius 3 is 2.40 bits per heavy atom. The van der Waals surface area contributed by atoms with Gasteiger partial charge in [0.2, 0.25) is 0 Å². The molecule has 0 fully saturated rings. The average molecular weight is 273 g/mol. The summed E-state index contributed by atoms with van der Waals surface area (Å²) in [7, 11) is 0. The van der Waals surface area contributed by atoms with Gasteiger partial charge in [-0.25, -0.2) is 4.39 Å². The summed E-state index contributed by atoms with van der Waals surface area (Å²) in [6.07, 6.45) is -0.843. The first-order chi connectivity index (χ1) is 9.58. The molecular formula is C17H20FNO. The molecule has 2 unspecified atom stereocenters. The van der Waals surface area contributed by atoms with Gasteiger partial charge in [-0.1, -0.05) is 48.0 Å². The Morgan fingerprint density at radius 2 is 1.75 bits per heavy atom. The standard InChI is InChI=1S/C17H20FNO/c1-12-7-9-14(10-8-12)13(2)19-11-17(20)15-5-3-4-6-16(15)18/h3-10,13,17,19-20H,11H2,1-2H3. The number of aliphatic hydroxyl groups is 1. The van der Waals surface area contributed by atoms with Crippen LogP contribution in [0.3, 0.4) is 0 Å². The van der Waals surface area contributed by atoms with E-state index in [2.05, 4.69) is 29.6 Å². The molecule has 3 heteroatoms. The van der Waals surface area contributed by atoms with Crippen molar-refractivity contribution in [3.05, 3.63) is 71.0 Å². The number of aryl methyl sites for hydroxylation is 1. The van der Waals surface area contributed by atoms with E-state index in [4.69, 9.17) is 0 Å². The van der Waals surface area contributed by atoms with Gasteiger partial charge in [-0.05, 0) is 25.5 Å². The molecule has 2 atom stereocenters. The largest absolute Gasteiger partial charge is 0.387 e. The van der Waals surface area contributed by atoms with Gasteiger partial charge in [-0.2, -0.15) is 0 Å². The predicted octanol–water partition coefficient (Wildman–Crippen LogP) is 3.52. The van der Waals surface area contributed by atoms with E-state index < -0.39 is 6.10 Å². The smallest absolute Gasteiger partial charge is 0.129 e. The highest BCUT2D eigenvalue weighted by Crippen LogP contribution is 2.18. The molecule has 0 aliphatic carbocycles. The van der Waals surface area contributed by atoms with Crippen LogP contribution in [0.15, 0.2) is 48.5 Å². The van der Waals surface area contributed by atoms with Crippen molar-refractivity contribution in [2.45, 2.75) is 26.0 Å². The van der Waals surface area contributed by atoms with Crippen molar-refractivity contribution in [3.8, 4) is 0 Å². The maximum atomic E-state index is 13.5. The molecule has 0 aliphatic heterocycles. The minimum atomic E-state index is -0.843. The monoisotopic (exact) mass is 273 g/mol. The van der Waals surface area contributed by atoms with Crippen LogP contribution in [0.1, 0.15) is 35.8 Å². The fourth-order valence-electron chi connectivity index (χ4n) is 2.12. The lowest BCUT2D eigenvalue weighted by atomic mass is 10.1. The first-order valence-electron chi connectivity index (χ1n) is 6.80. The molecule has 2 nitrogen and oxygen atoms in total. The highest BCUT2D eigenvalue weighted by atomic mass is 19.1. The maximum Gasteiger partial charge on any atom is 0.129 e. The van der Waals surface area contributed by atoms with Gasteiger partial charge < -0.3 is 10.4 Å². The van der Waals surface area contributed by atoms with Crippen molar-refractivity contribution < 1.29 is 9.50 Å². The minimum Gasteiger partial charge on any atom is -0.387 e. The molecule has 2 aromatic rings. The van der Waals surface area contributed by atoms with Gasteiger partial charge in [0, 0.05) is 18.2 Å². The van der Waals surface area contributed by atoms with E-state index in [0.29, 0.717) is 12.1 Å². The van der Waals surface area contributed by atoms with Crippen LogP contribution in [0, 0.1) is 12.7 Å². The maximum absolute atomic E-state index is 13.5. The van der Waals surface area contributed by atoms with E-state index in [1.54, 1.807) is 18.2 Å². The summed E-state index contributed by atoms with van der Waals surface area (Å²) in [5, 5.41) is 13.3. The Morgan fingerprint density at radius 1 is 1.10 bits per heavy atom. The summed E-state index contributed by atoms with van der Waals surface area (Å²) in [4.78, 5) is 0. The number of aliphatic hydroxyl groups excluding tert-OH is 1. The highest BCUT2D eigenvalue weighted by molar-refractivity contribution is 5.24. The van der Waals surface area contributed by atoms with Gasteiger partial charge in [0.25, 0.3) is 0 Å². The number of nitrogens with one attached hydrogen (secondary N) is 1. The van der Waals surface area contributed by atoms with Gasteiger partial charge in [0.15, 0.2) is 0 Å². The third kappa shape index (κ3) is 3.65. The van der Waals surface area contributed by atoms with Crippen molar-refractivity contribution >= 4 is 0 Å². The van der Waals surface area contributed by atoms with E-state index >= 15 is 0 Å². The molecule has 0 spiro atoms. The zero-order chi connectivity index (χ0) is 14.5. The Kier molecular flexibility index (Phi) is 4.88. The SMILES string of the molecule is Cc1ccc(C(C)NCC(O)c2ccccc2F)cc1. The summed E-state index contributed by atoms with van der Waals surface area (Å²) >= 11 is 0. The molecule has 2 rings (SSSR count). The lowest BCUT2D eigenvalue weighted by Gasteiger charge is -2.18. The minimum absolute atomic E-state index is 0.108. The molecule has 0 radical (unpaired) electrons. The molecule has 0 saturated carbocycles. The van der Waals surface area contributed by atoms with Crippen LogP contribution in [-0.4, -0.2) is 11.7 Å². The fourth-order valence-corrected chi connectivity index (χ4v) is 2.12. The zero-order valence-corrected chi connectivity index (χ0v) is 11.8. The Bertz CT molecular complexity index is 553. The Labute approximate surface area is 119 Å². The van der Waals surface area contributed by atoms with Crippen LogP contribution in [-0.2, 0) is 0 Å². The fraction of sp³-hybridized carbons (Fsp3) is 0.294. The molecular weight excluding hydrogens is 253 g/mol. The molecule has 106 valence electrons. The first kappa shape index (κ1) is 14.7. The average Bonchev–Trinajstić information content (AvgIpc) is 2.45. The number of hydrogen-bond donors (Lipinski definition) is 2. The van der Waals surface area contributed by atoms with Crippen molar-refractivity contribution in [1.29, 1.82) is 0 Å². The van der Waals surface area contributed by atoms with Crippen LogP contribution in [0.2, 0.25) is 0 Å². The summed E-state index contributed by atoms with van der Waals surface area (Å²) in [6.45, 7) is 4.39. The van der Waals surface area contributed by atoms with E-state index in [1.807, 2.05) is 13.8 Å². The predicted molar refractivity (Wildman–Crippen MR) is 79.0 cm³/mol. The second-order valence-electron chi connectivity index (χ2n) is 5.08. The number of rotatable bonds is 5. The normalized spacial score (nSPS) is 14.0. The molecule has 2 N–H and O–H groups in total. The van der Waals surface area contributed by atoms with Gasteiger partial charge in [0.1, 0.15) is 5.82 Å². The van der Waals surface area contributed by atoms with Crippen LogP contribution in [0.5, 0.6) is 0 Å². The van der Waals surface area contributed by atoms with Crippen molar-refractivity contribution in [2.24, 2.45) is 0 Å². The lowest BCUT2D eigenvalue weighted by molar-refractivity contribution is 0.166. The van der Waals surface area contributed by atoms with E-state index in [-0.39, 0.29) is 11.9 Å². The van der Waals surface area contributed by atoms with Gasteiger partial charge in [-0.3, -0.25) is 0 Å². The first-order valence-corrected chi connectivity index (χ1v) is 6.80. The van der Waals surface area contributed by atoms with Crippen molar-refractivity contribution in [2.75, 3.05) is 6.54 Å². The summed E-state index contributed by atoms with van der Waals surface area (Å²) in [6, 6.07) is 14.7. The highest BCUT2D eigenvalue weighted by Gasteiger charge is 2.13. The van der Waals surface area contributed by atoms with Crippen LogP contribution in [0.25, 0.3) is 0 Å². The van der Waals surface area contributed by atoms with Crippen LogP contribution in [0.4, 0.5) is 4.39 Å². The zero-order valence-electron chi connectivity index (χ0n) is 11.8. The van der Waals surface area contributed by atoms with E-state index in [0.717, 1.165) is 5.56 Å². The van der Waals surface area contributed by atoms with Crippen molar-refractivity contribution in [3.63, 3.8) is 0 Å². The van der Waals surface area contributed by atoms with E-state index in [1.165, 1.54) is 11.6 Å². The summed E-state index contributed by atoms with van der Waals surface area (Å²) in [5.41, 5.74) is 2.69. The number of hydrogen-bond acceptors (Lipinski definition) is 2. The van der Waals surface area contributed by atoms with Crippen LogP contribution >= 0.6 is 0 Å². The number of halogens is 1. The van der Waals surface area contributed by atoms with Crippen molar-refractivity contribution in [1.82, 2.24) is 5.32 Å². The Balaban J connectivity index is 1.95. The molecule has 2 aromatic carbocycles. The van der Waals surface area contributed by atoms with Gasteiger partial charge in [0.05, 0.1) is 6.10 Å². The second kappa shape index (κ2) is 6.64. The van der Waals surface area contributed by atoms with Gasteiger partial charge >= 0.3 is 0 Å². The topological polar surface area (TPSA) is 32.3 Å². The molecule has 0 saturated heterocycles.